The Labute approximate surface area is 127 Å². The molecule has 0 bridgehead atoms. The Hall–Kier alpha value is -2.08. The third-order valence-corrected chi connectivity index (χ3v) is 4.24. The minimum atomic E-state index is 0.487. The molecule has 0 nitrogen and oxygen atoms in total. The van der Waals surface area contributed by atoms with Gasteiger partial charge in [-0.25, -0.2) is 0 Å². The molecular weight excluding hydrogens is 252 g/mol. The Morgan fingerprint density at radius 3 is 2.19 bits per heavy atom. The van der Waals surface area contributed by atoms with Crippen LogP contribution in [0.2, 0.25) is 0 Å². The van der Waals surface area contributed by atoms with E-state index in [1.54, 1.807) is 0 Å². The minimum Gasteiger partial charge on any atom is -0.0808 e. The van der Waals surface area contributed by atoms with Crippen molar-refractivity contribution in [3.63, 3.8) is 0 Å². The van der Waals surface area contributed by atoms with Crippen molar-refractivity contribution in [1.29, 1.82) is 0 Å². The average molecular weight is 274 g/mol. The van der Waals surface area contributed by atoms with Gasteiger partial charge in [-0.3, -0.25) is 0 Å². The molecular formula is C21H22. The fourth-order valence-electron chi connectivity index (χ4n) is 3.20. The molecule has 0 saturated carbocycles. The van der Waals surface area contributed by atoms with E-state index < -0.39 is 0 Å². The van der Waals surface area contributed by atoms with Gasteiger partial charge in [-0.1, -0.05) is 84.8 Å². The lowest BCUT2D eigenvalue weighted by Gasteiger charge is -2.21. The third kappa shape index (κ3) is 3.00. The van der Waals surface area contributed by atoms with Crippen LogP contribution < -0.4 is 0 Å². The van der Waals surface area contributed by atoms with Gasteiger partial charge in [0.25, 0.3) is 0 Å². The van der Waals surface area contributed by atoms with Crippen LogP contribution in [0, 0.1) is 19.8 Å². The third-order valence-electron chi connectivity index (χ3n) is 4.24. The van der Waals surface area contributed by atoms with Crippen LogP contribution in [0.4, 0.5) is 0 Å². The summed E-state index contributed by atoms with van der Waals surface area (Å²) in [6.45, 7) is 6.61. The van der Waals surface area contributed by atoms with Crippen molar-refractivity contribution in [2.24, 2.45) is 5.92 Å². The van der Waals surface area contributed by atoms with Gasteiger partial charge in [0.2, 0.25) is 0 Å². The zero-order valence-electron chi connectivity index (χ0n) is 13.0. The van der Waals surface area contributed by atoms with Gasteiger partial charge in [0.1, 0.15) is 0 Å². The van der Waals surface area contributed by atoms with E-state index in [2.05, 4.69) is 87.5 Å². The molecule has 2 aromatic rings. The van der Waals surface area contributed by atoms with Crippen LogP contribution in [0.3, 0.4) is 0 Å². The van der Waals surface area contributed by atoms with Gasteiger partial charge in [0.05, 0.1) is 0 Å². The number of aryl methyl sites for hydroxylation is 2. The molecule has 2 aromatic carbocycles. The Morgan fingerprint density at radius 2 is 1.48 bits per heavy atom. The lowest BCUT2D eigenvalue weighted by molar-refractivity contribution is 0.635. The highest BCUT2D eigenvalue weighted by molar-refractivity contribution is 5.66. The summed E-state index contributed by atoms with van der Waals surface area (Å²) in [5.74, 6) is 1.05. The van der Waals surface area contributed by atoms with E-state index >= 15 is 0 Å². The Balaban J connectivity index is 2.00. The Kier molecular flexibility index (Phi) is 3.79. The minimum absolute atomic E-state index is 0.487. The molecule has 0 spiro atoms. The molecule has 3 rings (SSSR count). The fourth-order valence-corrected chi connectivity index (χ4v) is 3.20. The molecule has 106 valence electrons. The van der Waals surface area contributed by atoms with E-state index in [1.165, 1.54) is 27.8 Å². The van der Waals surface area contributed by atoms with E-state index in [9.17, 15) is 0 Å². The fraction of sp³-hybridized carbons (Fsp3) is 0.238. The molecule has 0 heterocycles. The highest BCUT2D eigenvalue weighted by Crippen LogP contribution is 2.32. The lowest BCUT2D eigenvalue weighted by atomic mass is 9.83. The van der Waals surface area contributed by atoms with Gasteiger partial charge >= 0.3 is 0 Å². The molecule has 1 aliphatic rings. The van der Waals surface area contributed by atoms with Crippen molar-refractivity contribution < 1.29 is 0 Å². The van der Waals surface area contributed by atoms with Crippen LogP contribution >= 0.6 is 0 Å². The maximum Gasteiger partial charge on any atom is 0.00815 e. The second-order valence-corrected chi connectivity index (χ2v) is 6.16. The molecule has 0 N–H and O–H groups in total. The van der Waals surface area contributed by atoms with Gasteiger partial charge < -0.3 is 0 Å². The number of allylic oxidation sites excluding steroid dienone is 4. The number of benzene rings is 2. The van der Waals surface area contributed by atoms with Crippen LogP contribution in [0.1, 0.15) is 29.5 Å². The first-order valence-corrected chi connectivity index (χ1v) is 7.67. The number of rotatable bonds is 2. The number of hydrogen-bond acceptors (Lipinski definition) is 0. The Bertz CT molecular complexity index is 683. The van der Waals surface area contributed by atoms with Crippen LogP contribution in [0.5, 0.6) is 0 Å². The summed E-state index contributed by atoms with van der Waals surface area (Å²) in [5, 5.41) is 0. The van der Waals surface area contributed by atoms with Crippen molar-refractivity contribution in [2.75, 3.05) is 0 Å². The highest BCUT2D eigenvalue weighted by atomic mass is 14.2. The monoisotopic (exact) mass is 274 g/mol. The standard InChI is InChI=1S/C21H22/c1-15-11-16(2)13-20(12-15)18-8-6-9-19(14-18)21-10-5-4-7-17(21)3/h4-14,17,21H,1-3H3. The summed E-state index contributed by atoms with van der Waals surface area (Å²) in [7, 11) is 0. The lowest BCUT2D eigenvalue weighted by Crippen LogP contribution is -2.07. The van der Waals surface area contributed by atoms with Crippen molar-refractivity contribution >= 4 is 0 Å². The van der Waals surface area contributed by atoms with Gasteiger partial charge in [-0.2, -0.15) is 0 Å². The van der Waals surface area contributed by atoms with E-state index in [4.69, 9.17) is 0 Å². The summed E-state index contributed by atoms with van der Waals surface area (Å²) in [4.78, 5) is 0. The van der Waals surface area contributed by atoms with Crippen LogP contribution in [0.15, 0.2) is 66.8 Å². The summed E-state index contributed by atoms with van der Waals surface area (Å²) < 4.78 is 0. The van der Waals surface area contributed by atoms with Crippen molar-refractivity contribution in [3.8, 4) is 11.1 Å². The van der Waals surface area contributed by atoms with Gasteiger partial charge in [-0.15, -0.1) is 0 Å². The second-order valence-electron chi connectivity index (χ2n) is 6.16. The summed E-state index contributed by atoms with van der Waals surface area (Å²) in [5.41, 5.74) is 6.68. The predicted octanol–water partition coefficient (Wildman–Crippen LogP) is 5.82. The van der Waals surface area contributed by atoms with Crippen molar-refractivity contribution in [1.82, 2.24) is 0 Å². The van der Waals surface area contributed by atoms with Gasteiger partial charge in [0, 0.05) is 5.92 Å². The predicted molar refractivity (Wildman–Crippen MR) is 91.5 cm³/mol. The molecule has 0 heteroatoms. The van der Waals surface area contributed by atoms with E-state index in [0.717, 1.165) is 0 Å². The second kappa shape index (κ2) is 5.73. The molecule has 1 aliphatic carbocycles. The van der Waals surface area contributed by atoms with Crippen molar-refractivity contribution in [3.05, 3.63) is 83.5 Å². The molecule has 2 atom stereocenters. The van der Waals surface area contributed by atoms with Crippen LogP contribution in [-0.4, -0.2) is 0 Å². The van der Waals surface area contributed by atoms with E-state index in [0.29, 0.717) is 11.8 Å². The largest absolute Gasteiger partial charge is 0.0808 e. The summed E-state index contributed by atoms with van der Waals surface area (Å²) in [6.07, 6.45) is 8.91. The van der Waals surface area contributed by atoms with Crippen molar-refractivity contribution in [2.45, 2.75) is 26.7 Å². The average Bonchev–Trinajstić information content (AvgIpc) is 2.47. The maximum absolute atomic E-state index is 2.35. The van der Waals surface area contributed by atoms with Crippen LogP contribution in [0.25, 0.3) is 11.1 Å². The molecule has 2 unspecified atom stereocenters. The molecule has 21 heavy (non-hydrogen) atoms. The van der Waals surface area contributed by atoms with Crippen LogP contribution in [-0.2, 0) is 0 Å². The zero-order chi connectivity index (χ0) is 14.8. The summed E-state index contributed by atoms with van der Waals surface area (Å²) >= 11 is 0. The first-order valence-electron chi connectivity index (χ1n) is 7.67. The summed E-state index contributed by atoms with van der Waals surface area (Å²) in [6, 6.07) is 15.8. The molecule has 0 radical (unpaired) electrons. The molecule has 0 aliphatic heterocycles. The molecule has 0 saturated heterocycles. The smallest absolute Gasteiger partial charge is 0.00815 e. The quantitative estimate of drug-likeness (QED) is 0.647. The molecule has 0 fully saturated rings. The van der Waals surface area contributed by atoms with E-state index in [1.807, 2.05) is 0 Å². The van der Waals surface area contributed by atoms with Gasteiger partial charge in [-0.05, 0) is 36.5 Å². The van der Waals surface area contributed by atoms with Gasteiger partial charge in [0.15, 0.2) is 0 Å². The highest BCUT2D eigenvalue weighted by Gasteiger charge is 2.16. The molecule has 0 aromatic heterocycles. The normalized spacial score (nSPS) is 20.7. The first kappa shape index (κ1) is 13.9. The first-order chi connectivity index (χ1) is 10.1. The van der Waals surface area contributed by atoms with E-state index in [-0.39, 0.29) is 0 Å². The zero-order valence-corrected chi connectivity index (χ0v) is 13.0. The maximum atomic E-state index is 2.35. The number of hydrogen-bond donors (Lipinski definition) is 0. The Morgan fingerprint density at radius 1 is 0.762 bits per heavy atom. The SMILES string of the molecule is Cc1cc(C)cc(-c2cccc(C3C=CC=CC3C)c2)c1. The molecule has 0 amide bonds. The topological polar surface area (TPSA) is 0 Å².